The first-order valence-electron chi connectivity index (χ1n) is 10.5. The maximum absolute atomic E-state index is 6.12. The molecule has 0 aromatic carbocycles. The summed E-state index contributed by atoms with van der Waals surface area (Å²) in [6.45, 7) is 16.9. The third-order valence-electron chi connectivity index (χ3n) is 6.24. The smallest absolute Gasteiger partial charge is 0.215 e. The van der Waals surface area contributed by atoms with Crippen molar-refractivity contribution in [1.29, 1.82) is 0 Å². The van der Waals surface area contributed by atoms with Crippen LogP contribution in [0, 0.1) is 5.41 Å². The van der Waals surface area contributed by atoms with Gasteiger partial charge in [0.05, 0.1) is 31.6 Å². The Bertz CT molecular complexity index is 859. The van der Waals surface area contributed by atoms with Crippen LogP contribution >= 0.6 is 0 Å². The fourth-order valence-electron chi connectivity index (χ4n) is 4.08. The van der Waals surface area contributed by atoms with E-state index in [0.29, 0.717) is 0 Å². The first-order valence-corrected chi connectivity index (χ1v) is 10.5. The van der Waals surface area contributed by atoms with Crippen LogP contribution in [-0.2, 0) is 23.9 Å². The number of hydrogen-bond donors (Lipinski definition) is 0. The lowest BCUT2D eigenvalue weighted by atomic mass is 9.75. The minimum Gasteiger partial charge on any atom is -0.478 e. The Balaban J connectivity index is 1.47. The number of fused-ring (bicyclic) bond motifs is 2. The minimum atomic E-state index is 0.00883. The maximum atomic E-state index is 6.12. The van der Waals surface area contributed by atoms with Crippen molar-refractivity contribution in [3.05, 3.63) is 23.5 Å². The molecule has 0 fully saturated rings. The van der Waals surface area contributed by atoms with Gasteiger partial charge in [-0.05, 0) is 18.3 Å². The number of aryl methyl sites for hydroxylation is 1. The van der Waals surface area contributed by atoms with E-state index in [0.717, 1.165) is 63.0 Å². The quantitative estimate of drug-likeness (QED) is 0.785. The zero-order valence-electron chi connectivity index (χ0n) is 18.2. The van der Waals surface area contributed by atoms with Crippen molar-refractivity contribution < 1.29 is 9.47 Å². The van der Waals surface area contributed by atoms with Gasteiger partial charge in [-0.25, -0.2) is 9.36 Å². The Hall–Kier alpha value is -1.98. The highest BCUT2D eigenvalue weighted by Crippen LogP contribution is 2.41. The maximum Gasteiger partial charge on any atom is 0.215 e. The normalized spacial score (nSPS) is 22.2. The number of rotatable bonds is 4. The molecule has 0 N–H and O–H groups in total. The van der Waals surface area contributed by atoms with Crippen molar-refractivity contribution in [2.75, 3.05) is 13.2 Å². The van der Waals surface area contributed by atoms with Gasteiger partial charge in [0.1, 0.15) is 0 Å². The second-order valence-electron chi connectivity index (χ2n) is 10.5. The largest absolute Gasteiger partial charge is 0.478 e. The van der Waals surface area contributed by atoms with Gasteiger partial charge in [0, 0.05) is 35.4 Å². The number of aromatic nitrogens is 4. The van der Waals surface area contributed by atoms with Crippen LogP contribution in [0.5, 0.6) is 11.8 Å². The van der Waals surface area contributed by atoms with E-state index in [4.69, 9.17) is 14.6 Å². The molecule has 6 nitrogen and oxygen atoms in total. The third kappa shape index (κ3) is 3.53. The molecule has 0 spiro atoms. The SMILES string of the molecule is CC1(CCC(C)(C)c2cnn3c2OCCC3)COc2cc(C(C)(C)C)nn2C1. The van der Waals surface area contributed by atoms with E-state index in [-0.39, 0.29) is 16.2 Å². The third-order valence-corrected chi connectivity index (χ3v) is 6.24. The topological polar surface area (TPSA) is 54.1 Å². The Morgan fingerprint density at radius 2 is 1.93 bits per heavy atom. The Labute approximate surface area is 168 Å². The van der Waals surface area contributed by atoms with Crippen LogP contribution in [0.1, 0.15) is 72.1 Å². The van der Waals surface area contributed by atoms with Crippen LogP contribution in [0.15, 0.2) is 12.3 Å². The Kier molecular flexibility index (Phi) is 4.51. The van der Waals surface area contributed by atoms with E-state index >= 15 is 0 Å². The van der Waals surface area contributed by atoms with Crippen molar-refractivity contribution in [3.63, 3.8) is 0 Å². The van der Waals surface area contributed by atoms with Gasteiger partial charge < -0.3 is 9.47 Å². The number of hydrogen-bond acceptors (Lipinski definition) is 4. The van der Waals surface area contributed by atoms with E-state index in [1.807, 2.05) is 10.9 Å². The van der Waals surface area contributed by atoms with Gasteiger partial charge in [-0.1, -0.05) is 41.5 Å². The molecule has 154 valence electrons. The molecule has 2 aliphatic rings. The number of nitrogens with zero attached hydrogens (tertiary/aromatic N) is 4. The summed E-state index contributed by atoms with van der Waals surface area (Å²) in [5.74, 6) is 1.87. The molecule has 2 aromatic heterocycles. The lowest BCUT2D eigenvalue weighted by molar-refractivity contribution is 0.0695. The second-order valence-corrected chi connectivity index (χ2v) is 10.5. The van der Waals surface area contributed by atoms with E-state index in [2.05, 4.69) is 57.4 Å². The van der Waals surface area contributed by atoms with Gasteiger partial charge in [-0.2, -0.15) is 10.2 Å². The molecule has 1 unspecified atom stereocenters. The average molecular weight is 387 g/mol. The summed E-state index contributed by atoms with van der Waals surface area (Å²) in [7, 11) is 0. The number of ether oxygens (including phenoxy) is 2. The average Bonchev–Trinajstić information content (AvgIpc) is 3.24. The summed E-state index contributed by atoms with van der Waals surface area (Å²) >= 11 is 0. The second kappa shape index (κ2) is 6.53. The monoisotopic (exact) mass is 386 g/mol. The molecule has 4 rings (SSSR count). The van der Waals surface area contributed by atoms with Gasteiger partial charge in [-0.3, -0.25) is 0 Å². The van der Waals surface area contributed by atoms with Gasteiger partial charge in [0.25, 0.3) is 0 Å². The Morgan fingerprint density at radius 1 is 1.14 bits per heavy atom. The molecule has 0 saturated carbocycles. The summed E-state index contributed by atoms with van der Waals surface area (Å²) in [6.07, 6.45) is 5.15. The summed E-state index contributed by atoms with van der Waals surface area (Å²) in [5.41, 5.74) is 2.43. The highest BCUT2D eigenvalue weighted by atomic mass is 16.5. The predicted molar refractivity (Wildman–Crippen MR) is 109 cm³/mol. The summed E-state index contributed by atoms with van der Waals surface area (Å²) < 4.78 is 16.1. The Morgan fingerprint density at radius 3 is 2.68 bits per heavy atom. The molecule has 0 amide bonds. The van der Waals surface area contributed by atoms with E-state index in [1.54, 1.807) is 0 Å². The first kappa shape index (κ1) is 19.3. The molecular weight excluding hydrogens is 352 g/mol. The zero-order chi connectivity index (χ0) is 20.2. The molecule has 0 radical (unpaired) electrons. The standard InChI is InChI=1S/C22H34N4O2/c1-20(2,3)17-12-18-26(24-17)14-22(6,15-28-18)9-8-21(4,5)16-13-23-25-10-7-11-27-19(16)25/h12-13H,7-11,14-15H2,1-6H3. The highest BCUT2D eigenvalue weighted by molar-refractivity contribution is 5.32. The molecule has 1 atom stereocenters. The molecule has 0 aliphatic carbocycles. The molecule has 2 aliphatic heterocycles. The van der Waals surface area contributed by atoms with Crippen LogP contribution in [0.4, 0.5) is 0 Å². The fraction of sp³-hybridized carbons (Fsp3) is 0.727. The molecule has 6 heteroatoms. The predicted octanol–water partition coefficient (Wildman–Crippen LogP) is 4.32. The fourth-order valence-corrected chi connectivity index (χ4v) is 4.08. The van der Waals surface area contributed by atoms with Crippen LogP contribution in [0.25, 0.3) is 0 Å². The van der Waals surface area contributed by atoms with Crippen molar-refractivity contribution in [3.8, 4) is 11.8 Å². The van der Waals surface area contributed by atoms with Gasteiger partial charge in [-0.15, -0.1) is 0 Å². The summed E-state index contributed by atoms with van der Waals surface area (Å²) in [6, 6.07) is 2.10. The summed E-state index contributed by atoms with van der Waals surface area (Å²) in [4.78, 5) is 0. The van der Waals surface area contributed by atoms with Crippen LogP contribution in [-0.4, -0.2) is 32.8 Å². The van der Waals surface area contributed by atoms with Crippen LogP contribution in [0.3, 0.4) is 0 Å². The van der Waals surface area contributed by atoms with E-state index < -0.39 is 0 Å². The molecule has 4 heterocycles. The minimum absolute atomic E-state index is 0.00883. The van der Waals surface area contributed by atoms with Crippen molar-refractivity contribution in [1.82, 2.24) is 19.6 Å². The molecule has 2 aromatic rings. The van der Waals surface area contributed by atoms with E-state index in [1.165, 1.54) is 5.56 Å². The van der Waals surface area contributed by atoms with Crippen LogP contribution in [0.2, 0.25) is 0 Å². The lowest BCUT2D eigenvalue weighted by Crippen LogP contribution is -2.37. The van der Waals surface area contributed by atoms with Gasteiger partial charge in [0.2, 0.25) is 11.8 Å². The summed E-state index contributed by atoms with van der Waals surface area (Å²) in [5, 5.41) is 9.37. The molecule has 0 bridgehead atoms. The van der Waals surface area contributed by atoms with Crippen molar-refractivity contribution >= 4 is 0 Å². The molecule has 0 saturated heterocycles. The zero-order valence-corrected chi connectivity index (χ0v) is 18.2. The van der Waals surface area contributed by atoms with Gasteiger partial charge in [0.15, 0.2) is 0 Å². The van der Waals surface area contributed by atoms with Crippen LogP contribution < -0.4 is 9.47 Å². The highest BCUT2D eigenvalue weighted by Gasteiger charge is 2.37. The van der Waals surface area contributed by atoms with Gasteiger partial charge >= 0.3 is 0 Å². The van der Waals surface area contributed by atoms with Crippen molar-refractivity contribution in [2.24, 2.45) is 5.41 Å². The lowest BCUT2D eigenvalue weighted by Gasteiger charge is -2.36. The van der Waals surface area contributed by atoms with Crippen molar-refractivity contribution in [2.45, 2.75) is 84.7 Å². The first-order chi connectivity index (χ1) is 13.1. The van der Waals surface area contributed by atoms with E-state index in [9.17, 15) is 0 Å². The molecular formula is C22H34N4O2. The molecule has 28 heavy (non-hydrogen) atoms.